The Morgan fingerprint density at radius 3 is 3.06 bits per heavy atom. The summed E-state index contributed by atoms with van der Waals surface area (Å²) in [5.74, 6) is 0.486. The third-order valence-electron chi connectivity index (χ3n) is 2.52. The molecule has 0 amide bonds. The molecule has 3 N–H and O–H groups in total. The molecule has 0 aromatic carbocycles. The molecule has 0 fully saturated rings. The number of H-pyrrole nitrogens is 1. The monoisotopic (exact) mass is 218 g/mol. The summed E-state index contributed by atoms with van der Waals surface area (Å²) in [6.45, 7) is 1.82. The maximum Gasteiger partial charge on any atom is 0.280 e. The standard InChI is InChI=1S/C9H10N6O/c1-5(10)15-4-12-6-7(16)13-9-11-2-3-14(9)8(6)15/h2-5H,10H2,1H3,(H,11,13,16). The van der Waals surface area contributed by atoms with E-state index in [4.69, 9.17) is 5.73 Å². The van der Waals surface area contributed by atoms with Crippen molar-refractivity contribution in [3.63, 3.8) is 0 Å². The van der Waals surface area contributed by atoms with E-state index in [2.05, 4.69) is 15.0 Å². The van der Waals surface area contributed by atoms with E-state index in [1.165, 1.54) is 0 Å². The molecule has 3 aromatic heterocycles. The van der Waals surface area contributed by atoms with Gasteiger partial charge in [0.1, 0.15) is 0 Å². The van der Waals surface area contributed by atoms with E-state index in [9.17, 15) is 4.79 Å². The molecule has 1 atom stereocenters. The molecule has 0 aliphatic heterocycles. The molecule has 0 radical (unpaired) electrons. The Kier molecular flexibility index (Phi) is 1.66. The average molecular weight is 218 g/mol. The highest BCUT2D eigenvalue weighted by molar-refractivity contribution is 5.72. The van der Waals surface area contributed by atoms with Crippen molar-refractivity contribution in [2.45, 2.75) is 13.1 Å². The zero-order valence-electron chi connectivity index (χ0n) is 8.58. The first-order chi connectivity index (χ1) is 7.68. The topological polar surface area (TPSA) is 94.0 Å². The number of hydrogen-bond acceptors (Lipinski definition) is 4. The van der Waals surface area contributed by atoms with Crippen molar-refractivity contribution >= 4 is 16.9 Å². The van der Waals surface area contributed by atoms with E-state index >= 15 is 0 Å². The number of nitrogens with zero attached hydrogens (tertiary/aromatic N) is 4. The fraction of sp³-hybridized carbons (Fsp3) is 0.222. The summed E-state index contributed by atoms with van der Waals surface area (Å²) in [5.41, 5.74) is 6.58. The van der Waals surface area contributed by atoms with Gasteiger partial charge in [0, 0.05) is 12.4 Å². The Balaban J connectivity index is 2.61. The second-order valence-corrected chi connectivity index (χ2v) is 3.64. The fourth-order valence-corrected chi connectivity index (χ4v) is 1.78. The van der Waals surface area contributed by atoms with Crippen LogP contribution in [-0.4, -0.2) is 23.9 Å². The van der Waals surface area contributed by atoms with Gasteiger partial charge in [0.2, 0.25) is 5.78 Å². The number of hydrogen-bond donors (Lipinski definition) is 2. The first kappa shape index (κ1) is 9.10. The summed E-state index contributed by atoms with van der Waals surface area (Å²) in [7, 11) is 0. The van der Waals surface area contributed by atoms with E-state index < -0.39 is 0 Å². The highest BCUT2D eigenvalue weighted by atomic mass is 16.1. The molecule has 3 heterocycles. The number of nitrogens with one attached hydrogen (secondary N) is 1. The van der Waals surface area contributed by atoms with Crippen LogP contribution >= 0.6 is 0 Å². The Morgan fingerprint density at radius 1 is 1.50 bits per heavy atom. The number of fused-ring (bicyclic) bond motifs is 3. The van der Waals surface area contributed by atoms with Crippen LogP contribution in [-0.2, 0) is 0 Å². The van der Waals surface area contributed by atoms with Gasteiger partial charge in [-0.05, 0) is 6.92 Å². The summed E-state index contributed by atoms with van der Waals surface area (Å²) < 4.78 is 3.49. The molecule has 0 saturated carbocycles. The molecule has 0 aliphatic carbocycles. The van der Waals surface area contributed by atoms with Crippen LogP contribution in [0.15, 0.2) is 23.5 Å². The van der Waals surface area contributed by atoms with Gasteiger partial charge in [-0.2, -0.15) is 0 Å². The smallest absolute Gasteiger partial charge is 0.280 e. The first-order valence-electron chi connectivity index (χ1n) is 4.86. The molecular formula is C9H10N6O. The summed E-state index contributed by atoms with van der Waals surface area (Å²) in [6, 6.07) is 0. The van der Waals surface area contributed by atoms with Gasteiger partial charge in [-0.1, -0.05) is 0 Å². The summed E-state index contributed by atoms with van der Waals surface area (Å²) in [4.78, 5) is 22.4. The molecule has 0 saturated heterocycles. The highest BCUT2D eigenvalue weighted by Gasteiger charge is 2.13. The third kappa shape index (κ3) is 1.03. The Bertz CT molecular complexity index is 718. The fourth-order valence-electron chi connectivity index (χ4n) is 1.78. The lowest BCUT2D eigenvalue weighted by atomic mass is 10.5. The van der Waals surface area contributed by atoms with Gasteiger partial charge in [0.15, 0.2) is 11.2 Å². The largest absolute Gasteiger partial charge is 0.311 e. The highest BCUT2D eigenvalue weighted by Crippen LogP contribution is 2.12. The predicted molar refractivity (Wildman–Crippen MR) is 58.0 cm³/mol. The number of rotatable bonds is 1. The van der Waals surface area contributed by atoms with Crippen LogP contribution in [0.25, 0.3) is 16.9 Å². The minimum absolute atomic E-state index is 0.252. The minimum Gasteiger partial charge on any atom is -0.311 e. The average Bonchev–Trinajstić information content (AvgIpc) is 2.80. The van der Waals surface area contributed by atoms with E-state index in [-0.39, 0.29) is 11.7 Å². The zero-order chi connectivity index (χ0) is 11.3. The van der Waals surface area contributed by atoms with E-state index in [0.29, 0.717) is 16.9 Å². The lowest BCUT2D eigenvalue weighted by Gasteiger charge is -2.08. The molecule has 3 aromatic rings. The van der Waals surface area contributed by atoms with E-state index in [0.717, 1.165) is 0 Å². The second kappa shape index (κ2) is 2.92. The number of imidazole rings is 2. The molecule has 3 rings (SSSR count). The number of nitrogens with two attached hydrogens (primary N) is 1. The Hall–Kier alpha value is -2.15. The van der Waals surface area contributed by atoms with Crippen LogP contribution in [0, 0.1) is 0 Å². The third-order valence-corrected chi connectivity index (χ3v) is 2.52. The summed E-state index contributed by atoms with van der Waals surface area (Å²) in [6.07, 6.45) is 4.68. The van der Waals surface area contributed by atoms with Crippen LogP contribution < -0.4 is 11.3 Å². The van der Waals surface area contributed by atoms with Crippen LogP contribution in [0.1, 0.15) is 13.1 Å². The van der Waals surface area contributed by atoms with Gasteiger partial charge in [0.05, 0.1) is 12.5 Å². The normalized spacial score (nSPS) is 13.6. The van der Waals surface area contributed by atoms with Crippen LogP contribution in [0.3, 0.4) is 0 Å². The van der Waals surface area contributed by atoms with Gasteiger partial charge < -0.3 is 10.3 Å². The van der Waals surface area contributed by atoms with Gasteiger partial charge in [-0.25, -0.2) is 9.97 Å². The van der Waals surface area contributed by atoms with Crippen molar-refractivity contribution in [1.82, 2.24) is 23.9 Å². The lowest BCUT2D eigenvalue weighted by molar-refractivity contribution is 0.581. The molecule has 0 spiro atoms. The van der Waals surface area contributed by atoms with Crippen molar-refractivity contribution in [3.8, 4) is 0 Å². The van der Waals surface area contributed by atoms with Gasteiger partial charge in [0.25, 0.3) is 5.56 Å². The van der Waals surface area contributed by atoms with Crippen molar-refractivity contribution in [2.24, 2.45) is 5.73 Å². The number of aromatic nitrogens is 5. The van der Waals surface area contributed by atoms with Crippen LogP contribution in [0.2, 0.25) is 0 Å². The maximum absolute atomic E-state index is 11.7. The Labute approximate surface area is 89.5 Å². The summed E-state index contributed by atoms with van der Waals surface area (Å²) >= 11 is 0. The zero-order valence-corrected chi connectivity index (χ0v) is 8.58. The Morgan fingerprint density at radius 2 is 2.31 bits per heavy atom. The van der Waals surface area contributed by atoms with Gasteiger partial charge in [-0.15, -0.1) is 0 Å². The van der Waals surface area contributed by atoms with Crippen LogP contribution in [0.4, 0.5) is 0 Å². The molecule has 7 heteroatoms. The van der Waals surface area contributed by atoms with Crippen LogP contribution in [0.5, 0.6) is 0 Å². The van der Waals surface area contributed by atoms with Crippen molar-refractivity contribution < 1.29 is 0 Å². The minimum atomic E-state index is -0.256. The molecule has 0 aliphatic rings. The molecule has 1 unspecified atom stereocenters. The van der Waals surface area contributed by atoms with Crippen molar-refractivity contribution in [2.75, 3.05) is 0 Å². The number of aromatic amines is 1. The molecule has 82 valence electrons. The lowest BCUT2D eigenvalue weighted by Crippen LogP contribution is -2.17. The van der Waals surface area contributed by atoms with Crippen molar-refractivity contribution in [3.05, 3.63) is 29.1 Å². The van der Waals surface area contributed by atoms with E-state index in [1.54, 1.807) is 27.7 Å². The first-order valence-corrected chi connectivity index (χ1v) is 4.86. The molecule has 0 bridgehead atoms. The molecule has 16 heavy (non-hydrogen) atoms. The quantitative estimate of drug-likeness (QED) is 0.594. The van der Waals surface area contributed by atoms with Crippen molar-refractivity contribution in [1.29, 1.82) is 0 Å². The molecular weight excluding hydrogens is 208 g/mol. The SMILES string of the molecule is CC(N)n1cnc2c(=O)[nH]c3nccn3c21. The molecule has 7 nitrogen and oxygen atoms in total. The van der Waals surface area contributed by atoms with E-state index in [1.807, 2.05) is 6.92 Å². The second-order valence-electron chi connectivity index (χ2n) is 3.64. The van der Waals surface area contributed by atoms with Gasteiger partial charge >= 0.3 is 0 Å². The summed E-state index contributed by atoms with van der Waals surface area (Å²) in [5, 5.41) is 0. The predicted octanol–water partition coefficient (Wildman–Crippen LogP) is -0.151. The van der Waals surface area contributed by atoms with Gasteiger partial charge in [-0.3, -0.25) is 14.2 Å². The maximum atomic E-state index is 11.7.